The zero-order chi connectivity index (χ0) is 39.1. The van der Waals surface area contributed by atoms with Crippen LogP contribution in [0.3, 0.4) is 0 Å². The summed E-state index contributed by atoms with van der Waals surface area (Å²) in [6.07, 6.45) is 40.6. The average Bonchev–Trinajstić information content (AvgIpc) is 3.14. The standard InChI is InChI=1S/C42H73O10P/c1-3-5-7-9-11-13-15-17-18-19-20-22-23-25-27-29-31-33-41(45)49-37-40(38-51-53(47,48)50-36-39(44)35-43)52-42(46)34-32-30-28-26-24-21-16-14-12-10-8-6-4-2/h6,8,10,12,14,16,21,24,26,28,39-40,43-44H,3-5,7,9,11,13,15,17-20,22-23,25,27,29-38H2,1-2H3,(H,47,48)/b8-6+,12-10+,16-14+,24-21+,28-26+/t39-,40?/m0/s1. The van der Waals surface area contributed by atoms with E-state index in [2.05, 4.69) is 24.4 Å². The summed E-state index contributed by atoms with van der Waals surface area (Å²) in [5.41, 5.74) is 0. The minimum absolute atomic E-state index is 0.0870. The molecule has 0 amide bonds. The number of phosphoric ester groups is 1. The highest BCUT2D eigenvalue weighted by molar-refractivity contribution is 7.47. The van der Waals surface area contributed by atoms with E-state index in [1.807, 2.05) is 54.7 Å². The van der Waals surface area contributed by atoms with Crippen molar-refractivity contribution in [2.45, 2.75) is 167 Å². The van der Waals surface area contributed by atoms with Gasteiger partial charge in [-0.3, -0.25) is 18.6 Å². The summed E-state index contributed by atoms with van der Waals surface area (Å²) in [5.74, 6) is -1.01. The lowest BCUT2D eigenvalue weighted by atomic mass is 10.0. The van der Waals surface area contributed by atoms with Gasteiger partial charge in [0.2, 0.25) is 0 Å². The average molecular weight is 769 g/mol. The molecule has 306 valence electrons. The Balaban J connectivity index is 4.39. The molecule has 3 atom stereocenters. The molecule has 0 aliphatic carbocycles. The second-order valence-corrected chi connectivity index (χ2v) is 14.9. The normalized spacial score (nSPS) is 14.6. The lowest BCUT2D eigenvalue weighted by molar-refractivity contribution is -0.161. The van der Waals surface area contributed by atoms with Crippen LogP contribution in [-0.2, 0) is 32.7 Å². The van der Waals surface area contributed by atoms with Crippen molar-refractivity contribution in [3.63, 3.8) is 0 Å². The van der Waals surface area contributed by atoms with Gasteiger partial charge in [-0.25, -0.2) is 4.57 Å². The minimum atomic E-state index is -4.63. The highest BCUT2D eigenvalue weighted by atomic mass is 31.2. The van der Waals surface area contributed by atoms with E-state index in [1.165, 1.54) is 83.5 Å². The van der Waals surface area contributed by atoms with Gasteiger partial charge in [-0.1, -0.05) is 177 Å². The third-order valence-corrected chi connectivity index (χ3v) is 9.27. The molecule has 0 radical (unpaired) electrons. The lowest BCUT2D eigenvalue weighted by Crippen LogP contribution is -2.29. The first-order chi connectivity index (χ1) is 25.7. The van der Waals surface area contributed by atoms with Crippen LogP contribution >= 0.6 is 7.82 Å². The van der Waals surface area contributed by atoms with E-state index >= 15 is 0 Å². The van der Waals surface area contributed by atoms with Gasteiger partial charge >= 0.3 is 19.8 Å². The number of ether oxygens (including phenoxy) is 2. The van der Waals surface area contributed by atoms with Crippen molar-refractivity contribution in [2.24, 2.45) is 0 Å². The maximum atomic E-state index is 12.5. The molecule has 0 fully saturated rings. The molecule has 3 N–H and O–H groups in total. The molecular formula is C42H73O10P. The fourth-order valence-corrected chi connectivity index (χ4v) is 5.99. The molecule has 0 aromatic carbocycles. The molecule has 0 aliphatic rings. The van der Waals surface area contributed by atoms with Crippen molar-refractivity contribution in [3.8, 4) is 0 Å². The first-order valence-electron chi connectivity index (χ1n) is 20.3. The van der Waals surface area contributed by atoms with E-state index in [1.54, 1.807) is 0 Å². The number of hydrogen-bond donors (Lipinski definition) is 3. The summed E-state index contributed by atoms with van der Waals surface area (Å²) in [7, 11) is -4.63. The molecule has 0 saturated carbocycles. The topological polar surface area (TPSA) is 149 Å². The van der Waals surface area contributed by atoms with E-state index in [0.717, 1.165) is 25.7 Å². The van der Waals surface area contributed by atoms with E-state index < -0.39 is 51.8 Å². The number of carbonyl (C=O) groups is 2. The Labute approximate surface area is 321 Å². The number of aliphatic hydroxyl groups is 2. The number of aliphatic hydroxyl groups excluding tert-OH is 2. The Morgan fingerprint density at radius 2 is 1.04 bits per heavy atom. The van der Waals surface area contributed by atoms with Gasteiger partial charge in [0.25, 0.3) is 0 Å². The van der Waals surface area contributed by atoms with Gasteiger partial charge in [0.1, 0.15) is 12.7 Å². The summed E-state index contributed by atoms with van der Waals surface area (Å²) in [5, 5.41) is 18.3. The van der Waals surface area contributed by atoms with Crippen molar-refractivity contribution >= 4 is 19.8 Å². The fraction of sp³-hybridized carbons (Fsp3) is 0.714. The molecule has 0 saturated heterocycles. The van der Waals surface area contributed by atoms with Crippen molar-refractivity contribution in [1.29, 1.82) is 0 Å². The molecule has 0 aromatic heterocycles. The monoisotopic (exact) mass is 768 g/mol. The summed E-state index contributed by atoms with van der Waals surface area (Å²) >= 11 is 0. The number of phosphoric acid groups is 1. The first kappa shape index (κ1) is 50.7. The summed E-state index contributed by atoms with van der Waals surface area (Å²) in [6, 6.07) is 0. The zero-order valence-corrected chi connectivity index (χ0v) is 33.9. The quantitative estimate of drug-likeness (QED) is 0.0241. The third-order valence-electron chi connectivity index (χ3n) is 8.31. The second kappa shape index (κ2) is 38.0. The van der Waals surface area contributed by atoms with Crippen molar-refractivity contribution in [3.05, 3.63) is 60.8 Å². The number of rotatable bonds is 37. The lowest BCUT2D eigenvalue weighted by Gasteiger charge is -2.20. The molecule has 10 nitrogen and oxygen atoms in total. The smallest absolute Gasteiger partial charge is 0.462 e. The van der Waals surface area contributed by atoms with Crippen molar-refractivity contribution in [1.82, 2.24) is 0 Å². The Morgan fingerprint density at radius 3 is 1.55 bits per heavy atom. The van der Waals surface area contributed by atoms with Gasteiger partial charge in [0.05, 0.1) is 19.8 Å². The van der Waals surface area contributed by atoms with Crippen LogP contribution in [0.1, 0.15) is 155 Å². The Bertz CT molecular complexity index is 1070. The van der Waals surface area contributed by atoms with Crippen LogP contribution in [0, 0.1) is 0 Å². The van der Waals surface area contributed by atoms with Gasteiger partial charge in [-0.2, -0.15) is 0 Å². The van der Waals surface area contributed by atoms with Crippen LogP contribution in [0.5, 0.6) is 0 Å². The van der Waals surface area contributed by atoms with Crippen LogP contribution in [0.15, 0.2) is 60.8 Å². The van der Waals surface area contributed by atoms with E-state index in [9.17, 15) is 24.2 Å². The molecule has 0 aromatic rings. The predicted molar refractivity (Wildman–Crippen MR) is 214 cm³/mol. The zero-order valence-electron chi connectivity index (χ0n) is 33.0. The maximum Gasteiger partial charge on any atom is 0.472 e. The minimum Gasteiger partial charge on any atom is -0.462 e. The Kier molecular flexibility index (Phi) is 36.3. The van der Waals surface area contributed by atoms with Gasteiger partial charge < -0.3 is 24.6 Å². The number of carbonyl (C=O) groups excluding carboxylic acids is 2. The summed E-state index contributed by atoms with van der Waals surface area (Å²) in [6.45, 7) is 2.14. The highest BCUT2D eigenvalue weighted by Gasteiger charge is 2.27. The maximum absolute atomic E-state index is 12.5. The Hall–Kier alpha value is -2.33. The number of hydrogen-bond acceptors (Lipinski definition) is 9. The summed E-state index contributed by atoms with van der Waals surface area (Å²) in [4.78, 5) is 34.8. The van der Waals surface area contributed by atoms with Crippen molar-refractivity contribution in [2.75, 3.05) is 26.4 Å². The van der Waals surface area contributed by atoms with Crippen LogP contribution in [0.2, 0.25) is 0 Å². The molecule has 0 rings (SSSR count). The molecule has 53 heavy (non-hydrogen) atoms. The highest BCUT2D eigenvalue weighted by Crippen LogP contribution is 2.43. The molecule has 2 unspecified atom stereocenters. The fourth-order valence-electron chi connectivity index (χ4n) is 5.20. The van der Waals surface area contributed by atoms with Crippen LogP contribution in [0.4, 0.5) is 0 Å². The van der Waals surface area contributed by atoms with E-state index in [-0.39, 0.29) is 19.4 Å². The van der Waals surface area contributed by atoms with Crippen LogP contribution in [0.25, 0.3) is 0 Å². The number of unbranched alkanes of at least 4 members (excludes halogenated alkanes) is 17. The SMILES string of the molecule is CC/C=C/C=C/C=C/C=C/C=C/CCCC(=O)OC(COC(=O)CCCCCCCCCCCCCCCCCCC)COP(=O)(O)OC[C@@H](O)CO. The molecular weight excluding hydrogens is 695 g/mol. The van der Waals surface area contributed by atoms with Crippen LogP contribution < -0.4 is 0 Å². The first-order valence-corrected chi connectivity index (χ1v) is 21.8. The largest absolute Gasteiger partial charge is 0.472 e. The summed E-state index contributed by atoms with van der Waals surface area (Å²) < 4.78 is 32.5. The number of allylic oxidation sites excluding steroid dienone is 10. The van der Waals surface area contributed by atoms with E-state index in [0.29, 0.717) is 19.3 Å². The number of esters is 2. The molecule has 11 heteroatoms. The third kappa shape index (κ3) is 37.8. The molecule has 0 bridgehead atoms. The van der Waals surface area contributed by atoms with Crippen molar-refractivity contribution < 1.29 is 47.8 Å². The van der Waals surface area contributed by atoms with Gasteiger partial charge in [0, 0.05) is 12.8 Å². The van der Waals surface area contributed by atoms with Gasteiger partial charge in [-0.05, 0) is 25.7 Å². The Morgan fingerprint density at radius 1 is 0.585 bits per heavy atom. The second-order valence-electron chi connectivity index (χ2n) is 13.4. The molecule has 0 spiro atoms. The molecule has 0 aliphatic heterocycles. The van der Waals surface area contributed by atoms with Gasteiger partial charge in [-0.15, -0.1) is 0 Å². The predicted octanol–water partition coefficient (Wildman–Crippen LogP) is 10.3. The van der Waals surface area contributed by atoms with Gasteiger partial charge in [0.15, 0.2) is 6.10 Å². The van der Waals surface area contributed by atoms with E-state index in [4.69, 9.17) is 19.1 Å². The molecule has 0 heterocycles. The van der Waals surface area contributed by atoms with Crippen LogP contribution in [-0.4, -0.2) is 65.7 Å².